The summed E-state index contributed by atoms with van der Waals surface area (Å²) in [5.41, 5.74) is 2.48. The van der Waals surface area contributed by atoms with Crippen molar-refractivity contribution in [1.29, 1.82) is 0 Å². The number of halogens is 3. The van der Waals surface area contributed by atoms with E-state index < -0.39 is 0 Å². The molecule has 2 aromatic rings. The second-order valence-electron chi connectivity index (χ2n) is 4.62. The third-order valence-corrected chi connectivity index (χ3v) is 4.87. The minimum atomic E-state index is -0.295. The van der Waals surface area contributed by atoms with Crippen molar-refractivity contribution in [1.82, 2.24) is 0 Å². The highest BCUT2D eigenvalue weighted by Crippen LogP contribution is 2.39. The van der Waals surface area contributed by atoms with Crippen molar-refractivity contribution in [3.05, 3.63) is 57.8 Å². The van der Waals surface area contributed by atoms with Gasteiger partial charge in [-0.25, -0.2) is 4.39 Å². The summed E-state index contributed by atoms with van der Waals surface area (Å²) >= 11 is 6.97. The Morgan fingerprint density at radius 2 is 2.05 bits per heavy atom. The van der Waals surface area contributed by atoms with E-state index in [-0.39, 0.29) is 23.2 Å². The standard InChI is InChI=1S/C15H10Br2FNO2/c16-11-6-9(18)2-3-10(11)15(17)8-1-4-13-12(5-8)19-14(20)7-21-13/h1-6,15H,7H2,(H,19,20). The monoisotopic (exact) mass is 413 g/mol. The highest BCUT2D eigenvalue weighted by molar-refractivity contribution is 9.11. The highest BCUT2D eigenvalue weighted by Gasteiger charge is 2.20. The fourth-order valence-corrected chi connectivity index (χ4v) is 3.72. The Morgan fingerprint density at radius 1 is 1.24 bits per heavy atom. The van der Waals surface area contributed by atoms with Gasteiger partial charge in [0.05, 0.1) is 10.5 Å². The van der Waals surface area contributed by atoms with Gasteiger partial charge in [0.2, 0.25) is 0 Å². The number of anilines is 1. The van der Waals surface area contributed by atoms with E-state index in [1.807, 2.05) is 18.2 Å². The molecule has 1 aliphatic rings. The molecule has 0 spiro atoms. The van der Waals surface area contributed by atoms with E-state index >= 15 is 0 Å². The topological polar surface area (TPSA) is 38.3 Å². The molecule has 1 heterocycles. The van der Waals surface area contributed by atoms with Crippen molar-refractivity contribution in [3.8, 4) is 5.75 Å². The molecule has 0 aliphatic carbocycles. The normalized spacial score (nSPS) is 14.9. The number of alkyl halides is 1. The van der Waals surface area contributed by atoms with Crippen molar-refractivity contribution >= 4 is 43.5 Å². The molecule has 1 amide bonds. The Kier molecular flexibility index (Phi) is 3.99. The van der Waals surface area contributed by atoms with Crippen LogP contribution >= 0.6 is 31.9 Å². The van der Waals surface area contributed by atoms with Crippen LogP contribution in [0.15, 0.2) is 40.9 Å². The number of fused-ring (bicyclic) bond motifs is 1. The van der Waals surface area contributed by atoms with Gasteiger partial charge in [0, 0.05) is 4.47 Å². The average molecular weight is 415 g/mol. The summed E-state index contributed by atoms with van der Waals surface area (Å²) in [6.45, 7) is 0.0353. The first kappa shape index (κ1) is 14.5. The van der Waals surface area contributed by atoms with Crippen LogP contribution in [0.25, 0.3) is 0 Å². The molecule has 0 radical (unpaired) electrons. The molecule has 6 heteroatoms. The zero-order valence-corrected chi connectivity index (χ0v) is 13.9. The molecule has 1 N–H and O–H groups in total. The lowest BCUT2D eigenvalue weighted by Crippen LogP contribution is -2.25. The summed E-state index contributed by atoms with van der Waals surface area (Å²) in [4.78, 5) is 11.2. The van der Waals surface area contributed by atoms with Crippen LogP contribution in [-0.2, 0) is 4.79 Å². The fourth-order valence-electron chi connectivity index (χ4n) is 2.14. The van der Waals surface area contributed by atoms with Crippen LogP contribution in [0, 0.1) is 5.82 Å². The second kappa shape index (κ2) is 5.77. The molecule has 0 fully saturated rings. The molecule has 1 aliphatic heterocycles. The first-order valence-electron chi connectivity index (χ1n) is 6.20. The Labute approximate surface area is 137 Å². The number of carbonyl (C=O) groups is 1. The van der Waals surface area contributed by atoms with Gasteiger partial charge in [-0.3, -0.25) is 4.79 Å². The number of hydrogen-bond donors (Lipinski definition) is 1. The van der Waals surface area contributed by atoms with Gasteiger partial charge < -0.3 is 10.1 Å². The average Bonchev–Trinajstić information content (AvgIpc) is 2.46. The van der Waals surface area contributed by atoms with Crippen molar-refractivity contribution in [3.63, 3.8) is 0 Å². The molecule has 0 bridgehead atoms. The van der Waals surface area contributed by atoms with Crippen LogP contribution in [0.3, 0.4) is 0 Å². The van der Waals surface area contributed by atoms with Crippen molar-refractivity contribution in [2.24, 2.45) is 0 Å². The number of carbonyl (C=O) groups excluding carboxylic acids is 1. The Bertz CT molecular complexity index is 721. The lowest BCUT2D eigenvalue weighted by Gasteiger charge is -2.20. The van der Waals surface area contributed by atoms with Gasteiger partial charge in [-0.2, -0.15) is 0 Å². The quantitative estimate of drug-likeness (QED) is 0.739. The Morgan fingerprint density at radius 3 is 2.81 bits per heavy atom. The van der Waals surface area contributed by atoms with Crippen molar-refractivity contribution < 1.29 is 13.9 Å². The molecule has 1 atom stereocenters. The number of hydrogen-bond acceptors (Lipinski definition) is 2. The van der Waals surface area contributed by atoms with E-state index in [4.69, 9.17) is 4.74 Å². The largest absolute Gasteiger partial charge is 0.482 e. The molecule has 2 aromatic carbocycles. The van der Waals surface area contributed by atoms with Crippen LogP contribution in [0.1, 0.15) is 16.0 Å². The maximum Gasteiger partial charge on any atom is 0.262 e. The lowest BCUT2D eigenvalue weighted by atomic mass is 10.0. The van der Waals surface area contributed by atoms with Crippen LogP contribution < -0.4 is 10.1 Å². The van der Waals surface area contributed by atoms with Gasteiger partial charge in [-0.05, 0) is 35.4 Å². The van der Waals surface area contributed by atoms with Crippen LogP contribution in [-0.4, -0.2) is 12.5 Å². The third kappa shape index (κ3) is 2.96. The second-order valence-corrected chi connectivity index (χ2v) is 6.39. The first-order chi connectivity index (χ1) is 10.0. The lowest BCUT2D eigenvalue weighted by molar-refractivity contribution is -0.118. The van der Waals surface area contributed by atoms with E-state index in [0.29, 0.717) is 15.9 Å². The van der Waals surface area contributed by atoms with E-state index in [1.54, 1.807) is 6.07 Å². The maximum atomic E-state index is 13.2. The summed E-state index contributed by atoms with van der Waals surface area (Å²) in [5, 5.41) is 2.77. The smallest absolute Gasteiger partial charge is 0.262 e. The number of benzene rings is 2. The van der Waals surface area contributed by atoms with Gasteiger partial charge in [-0.15, -0.1) is 0 Å². The summed E-state index contributed by atoms with van der Waals surface area (Å²) in [6, 6.07) is 10.1. The summed E-state index contributed by atoms with van der Waals surface area (Å²) in [6.07, 6.45) is 0. The van der Waals surface area contributed by atoms with Crippen LogP contribution in [0.4, 0.5) is 10.1 Å². The van der Waals surface area contributed by atoms with E-state index in [1.165, 1.54) is 12.1 Å². The van der Waals surface area contributed by atoms with Gasteiger partial charge >= 0.3 is 0 Å². The van der Waals surface area contributed by atoms with Crippen molar-refractivity contribution in [2.75, 3.05) is 11.9 Å². The van der Waals surface area contributed by atoms with Gasteiger partial charge in [0.25, 0.3) is 5.91 Å². The van der Waals surface area contributed by atoms with Gasteiger partial charge in [0.1, 0.15) is 11.6 Å². The van der Waals surface area contributed by atoms with Gasteiger partial charge in [0.15, 0.2) is 6.61 Å². The SMILES string of the molecule is O=C1COc2ccc(C(Br)c3ccc(F)cc3Br)cc2N1. The molecule has 108 valence electrons. The Balaban J connectivity index is 1.96. The fraction of sp³-hybridized carbons (Fsp3) is 0.133. The molecule has 1 unspecified atom stereocenters. The number of rotatable bonds is 2. The summed E-state index contributed by atoms with van der Waals surface area (Å²) < 4.78 is 19.2. The number of amides is 1. The summed E-state index contributed by atoms with van der Waals surface area (Å²) in [7, 11) is 0. The minimum Gasteiger partial charge on any atom is -0.482 e. The predicted molar refractivity (Wildman–Crippen MR) is 85.4 cm³/mol. The predicted octanol–water partition coefficient (Wildman–Crippen LogP) is 4.40. The Hall–Kier alpha value is -1.40. The highest BCUT2D eigenvalue weighted by atomic mass is 79.9. The molecule has 0 saturated carbocycles. The zero-order valence-electron chi connectivity index (χ0n) is 10.7. The molecule has 0 aromatic heterocycles. The molecular formula is C15H10Br2FNO2. The van der Waals surface area contributed by atoms with Crippen molar-refractivity contribution in [2.45, 2.75) is 4.83 Å². The van der Waals surface area contributed by atoms with E-state index in [9.17, 15) is 9.18 Å². The third-order valence-electron chi connectivity index (χ3n) is 3.16. The molecule has 0 saturated heterocycles. The zero-order chi connectivity index (χ0) is 15.0. The molecule has 21 heavy (non-hydrogen) atoms. The summed E-state index contributed by atoms with van der Waals surface area (Å²) in [5.74, 6) is 0.182. The van der Waals surface area contributed by atoms with E-state index in [2.05, 4.69) is 37.2 Å². The van der Waals surface area contributed by atoms with E-state index in [0.717, 1.165) is 11.1 Å². The molecule has 3 rings (SSSR count). The number of ether oxygens (including phenoxy) is 1. The van der Waals surface area contributed by atoms with Gasteiger partial charge in [-0.1, -0.05) is 44.0 Å². The number of nitrogens with one attached hydrogen (secondary N) is 1. The first-order valence-corrected chi connectivity index (χ1v) is 7.91. The maximum absolute atomic E-state index is 13.2. The van der Waals surface area contributed by atoms with Crippen LogP contribution in [0.2, 0.25) is 0 Å². The molecular weight excluding hydrogens is 405 g/mol. The molecule has 3 nitrogen and oxygen atoms in total. The minimum absolute atomic E-state index is 0.0353. The van der Waals surface area contributed by atoms with Crippen LogP contribution in [0.5, 0.6) is 5.75 Å².